The van der Waals surface area contributed by atoms with Crippen molar-refractivity contribution in [2.45, 2.75) is 76.8 Å². The van der Waals surface area contributed by atoms with Gasteiger partial charge in [-0.2, -0.15) is 0 Å². The number of hydrogen-bond donors (Lipinski definition) is 0. The third-order valence-corrected chi connectivity index (χ3v) is 11.7. The normalized spacial score (nSPS) is 19.6. The molecule has 174 valence electrons. The second-order valence-corrected chi connectivity index (χ2v) is 15.2. The number of ether oxygens (including phenoxy) is 3. The summed E-state index contributed by atoms with van der Waals surface area (Å²) in [6.07, 6.45) is 6.08. The van der Waals surface area contributed by atoms with Crippen molar-refractivity contribution >= 4 is 8.32 Å². The smallest absolute Gasteiger partial charge is 0.213 e. The number of fused-ring (bicyclic) bond motifs is 1. The first-order chi connectivity index (χ1) is 15.2. The zero-order valence-corrected chi connectivity index (χ0v) is 21.4. The molecule has 0 N–H and O–H groups in total. The van der Waals surface area contributed by atoms with Gasteiger partial charge in [-0.3, -0.25) is 0 Å². The van der Waals surface area contributed by atoms with Gasteiger partial charge in [0.25, 0.3) is 0 Å². The molecule has 1 saturated heterocycles. The highest BCUT2D eigenvalue weighted by Gasteiger charge is 2.41. The highest BCUT2D eigenvalue weighted by molar-refractivity contribution is 6.74. The number of methoxy groups -OCH3 is 1. The summed E-state index contributed by atoms with van der Waals surface area (Å²) in [6, 6.07) is 8.34. The molecule has 1 aliphatic carbocycles. The van der Waals surface area contributed by atoms with Gasteiger partial charge in [0.15, 0.2) is 8.32 Å². The predicted octanol–water partition coefficient (Wildman–Crippen LogP) is 6.32. The van der Waals surface area contributed by atoms with E-state index in [1.807, 2.05) is 12.3 Å². The van der Waals surface area contributed by atoms with Gasteiger partial charge >= 0.3 is 0 Å². The van der Waals surface area contributed by atoms with E-state index in [0.717, 1.165) is 55.8 Å². The van der Waals surface area contributed by atoms with E-state index in [4.69, 9.17) is 18.6 Å². The van der Waals surface area contributed by atoms with Gasteiger partial charge in [-0.05, 0) is 54.2 Å². The molecule has 0 spiro atoms. The molecule has 0 amide bonds. The average molecular weight is 456 g/mol. The van der Waals surface area contributed by atoms with Crippen LogP contribution in [0, 0.1) is 0 Å². The maximum Gasteiger partial charge on any atom is 0.213 e. The fourth-order valence-electron chi connectivity index (χ4n) is 4.35. The number of benzene rings is 1. The summed E-state index contributed by atoms with van der Waals surface area (Å²) in [5, 5.41) is 0.190. The molecule has 2 heterocycles. The van der Waals surface area contributed by atoms with Crippen LogP contribution in [-0.2, 0) is 15.6 Å². The summed E-state index contributed by atoms with van der Waals surface area (Å²) in [5.74, 6) is 1.56. The monoisotopic (exact) mass is 455 g/mol. The maximum absolute atomic E-state index is 6.81. The van der Waals surface area contributed by atoms with Crippen molar-refractivity contribution in [3.63, 3.8) is 0 Å². The van der Waals surface area contributed by atoms with Gasteiger partial charge < -0.3 is 18.6 Å². The number of pyridine rings is 1. The second kappa shape index (κ2) is 9.16. The summed E-state index contributed by atoms with van der Waals surface area (Å²) < 4.78 is 24.1. The Labute approximate surface area is 193 Å². The summed E-state index contributed by atoms with van der Waals surface area (Å²) in [5.41, 5.74) is 4.82. The van der Waals surface area contributed by atoms with Crippen LogP contribution in [0.15, 0.2) is 30.5 Å². The van der Waals surface area contributed by atoms with Gasteiger partial charge in [0, 0.05) is 36.2 Å². The molecular weight excluding hydrogens is 418 g/mol. The lowest BCUT2D eigenvalue weighted by molar-refractivity contribution is 0.0237. The third kappa shape index (κ3) is 4.73. The summed E-state index contributed by atoms with van der Waals surface area (Å²) in [7, 11) is -0.119. The van der Waals surface area contributed by atoms with Crippen LogP contribution in [0.2, 0.25) is 18.1 Å². The first-order valence-corrected chi connectivity index (χ1v) is 14.7. The van der Waals surface area contributed by atoms with E-state index in [2.05, 4.69) is 57.0 Å². The van der Waals surface area contributed by atoms with E-state index < -0.39 is 8.32 Å². The van der Waals surface area contributed by atoms with Gasteiger partial charge in [-0.25, -0.2) is 4.98 Å². The van der Waals surface area contributed by atoms with Crippen molar-refractivity contribution in [1.82, 2.24) is 4.98 Å². The molecule has 5 nitrogen and oxygen atoms in total. The highest BCUT2D eigenvalue weighted by atomic mass is 28.4. The molecule has 1 unspecified atom stereocenters. The summed E-state index contributed by atoms with van der Waals surface area (Å²) in [6.45, 7) is 13.1. The van der Waals surface area contributed by atoms with Crippen LogP contribution >= 0.6 is 0 Å². The molecule has 0 bridgehead atoms. The Hall–Kier alpha value is -1.89. The Bertz CT molecular complexity index is 930. The Morgan fingerprint density at radius 1 is 1.03 bits per heavy atom. The number of nitrogens with zero attached hydrogens (tertiary/aromatic N) is 1. The first-order valence-electron chi connectivity index (χ1n) is 11.8. The van der Waals surface area contributed by atoms with Crippen molar-refractivity contribution < 1.29 is 18.6 Å². The Morgan fingerprint density at radius 3 is 2.41 bits per heavy atom. The van der Waals surface area contributed by atoms with Crippen molar-refractivity contribution in [3.8, 4) is 22.8 Å². The van der Waals surface area contributed by atoms with Gasteiger partial charge in [0.05, 0.1) is 26.4 Å². The molecule has 1 atom stereocenters. The van der Waals surface area contributed by atoms with E-state index in [9.17, 15) is 0 Å². The van der Waals surface area contributed by atoms with Crippen molar-refractivity contribution in [2.24, 2.45) is 0 Å². The van der Waals surface area contributed by atoms with Crippen LogP contribution in [0.5, 0.6) is 11.6 Å². The molecular formula is C26H37NO4Si. The number of rotatable bonds is 6. The fraction of sp³-hybridized carbons (Fsp3) is 0.577. The van der Waals surface area contributed by atoms with Crippen molar-refractivity contribution in [1.29, 1.82) is 0 Å². The lowest BCUT2D eigenvalue weighted by Crippen LogP contribution is -2.41. The quantitative estimate of drug-likeness (QED) is 0.477. The van der Waals surface area contributed by atoms with Gasteiger partial charge in [-0.15, -0.1) is 0 Å². The molecule has 4 rings (SSSR count). The van der Waals surface area contributed by atoms with E-state index >= 15 is 0 Å². The van der Waals surface area contributed by atoms with Crippen LogP contribution in [0.3, 0.4) is 0 Å². The van der Waals surface area contributed by atoms with Crippen LogP contribution in [0.1, 0.15) is 57.3 Å². The lowest BCUT2D eigenvalue weighted by atomic mass is 9.96. The van der Waals surface area contributed by atoms with E-state index in [0.29, 0.717) is 5.88 Å². The largest absolute Gasteiger partial charge is 0.496 e. The minimum absolute atomic E-state index is 0.152. The Balaban J connectivity index is 1.60. The molecule has 2 aliphatic rings. The Morgan fingerprint density at radius 2 is 1.78 bits per heavy atom. The molecule has 1 aromatic heterocycles. The molecule has 0 radical (unpaired) electrons. The van der Waals surface area contributed by atoms with Crippen LogP contribution in [-0.4, -0.2) is 39.7 Å². The number of hydrogen-bond acceptors (Lipinski definition) is 5. The van der Waals surface area contributed by atoms with E-state index in [-0.39, 0.29) is 17.2 Å². The lowest BCUT2D eigenvalue weighted by Gasteiger charge is -2.38. The van der Waals surface area contributed by atoms with E-state index in [1.54, 1.807) is 7.11 Å². The molecule has 1 aromatic carbocycles. The van der Waals surface area contributed by atoms with Crippen molar-refractivity contribution in [3.05, 3.63) is 41.6 Å². The minimum Gasteiger partial charge on any atom is -0.496 e. The summed E-state index contributed by atoms with van der Waals surface area (Å²) in [4.78, 5) is 4.62. The Kier molecular flexibility index (Phi) is 6.66. The predicted molar refractivity (Wildman–Crippen MR) is 130 cm³/mol. The highest BCUT2D eigenvalue weighted by Crippen LogP contribution is 2.47. The van der Waals surface area contributed by atoms with Gasteiger partial charge in [0.1, 0.15) is 11.9 Å². The van der Waals surface area contributed by atoms with Crippen molar-refractivity contribution in [2.75, 3.05) is 20.3 Å². The third-order valence-electron chi connectivity index (χ3n) is 7.26. The van der Waals surface area contributed by atoms with Crippen LogP contribution in [0.4, 0.5) is 0 Å². The number of aromatic nitrogens is 1. The maximum atomic E-state index is 6.81. The molecule has 1 aliphatic heterocycles. The minimum atomic E-state index is -1.86. The zero-order chi connectivity index (χ0) is 22.9. The average Bonchev–Trinajstić information content (AvgIpc) is 3.16. The topological polar surface area (TPSA) is 49.8 Å². The fourth-order valence-corrected chi connectivity index (χ4v) is 5.66. The second-order valence-electron chi connectivity index (χ2n) is 10.4. The molecule has 2 aromatic rings. The molecule has 32 heavy (non-hydrogen) atoms. The van der Waals surface area contributed by atoms with Crippen LogP contribution < -0.4 is 9.47 Å². The molecule has 0 saturated carbocycles. The standard InChI is InChI=1S/C26H37NO4Si/c1-26(2,3)32(5,6)31-22-10-9-21-20(22)8-11-23(28-4)25(21)18-7-12-24(27-17-18)30-19-13-15-29-16-14-19/h7-8,11-12,17,19,22H,9-10,13-16H2,1-6H3. The SMILES string of the molecule is COc1ccc2c(c1-c1ccc(OC3CCOCC3)nc1)CCC2O[Si](C)(C)C(C)(C)C. The first kappa shape index (κ1) is 23.3. The van der Waals surface area contributed by atoms with Crippen LogP contribution in [0.25, 0.3) is 11.1 Å². The van der Waals surface area contributed by atoms with Gasteiger partial charge in [0.2, 0.25) is 5.88 Å². The van der Waals surface area contributed by atoms with Gasteiger partial charge in [-0.1, -0.05) is 26.8 Å². The summed E-state index contributed by atoms with van der Waals surface area (Å²) >= 11 is 0. The zero-order valence-electron chi connectivity index (χ0n) is 20.4. The molecule has 6 heteroatoms. The molecule has 1 fully saturated rings. The van der Waals surface area contributed by atoms with E-state index in [1.165, 1.54) is 11.1 Å².